The highest BCUT2D eigenvalue weighted by Crippen LogP contribution is 2.24. The van der Waals surface area contributed by atoms with Crippen molar-refractivity contribution < 1.29 is 9.72 Å². The van der Waals surface area contributed by atoms with Crippen molar-refractivity contribution in [3.63, 3.8) is 0 Å². The maximum absolute atomic E-state index is 12.5. The number of carbonyl (C=O) groups is 1. The van der Waals surface area contributed by atoms with Crippen LogP contribution in [-0.4, -0.2) is 32.6 Å². The van der Waals surface area contributed by atoms with Gasteiger partial charge in [-0.25, -0.2) is 0 Å². The molecule has 1 heterocycles. The van der Waals surface area contributed by atoms with Gasteiger partial charge in [0.1, 0.15) is 5.56 Å². The van der Waals surface area contributed by atoms with E-state index in [1.54, 1.807) is 13.2 Å². The summed E-state index contributed by atoms with van der Waals surface area (Å²) in [4.78, 5) is 24.5. The Kier molecular flexibility index (Phi) is 5.00. The number of aromatic nitrogens is 2. The van der Waals surface area contributed by atoms with E-state index in [-0.39, 0.29) is 16.3 Å². The van der Waals surface area contributed by atoms with Gasteiger partial charge in [0.05, 0.1) is 11.1 Å². The maximum Gasteiger partial charge on any atom is 0.282 e. The van der Waals surface area contributed by atoms with Crippen LogP contribution < -0.4 is 0 Å². The van der Waals surface area contributed by atoms with E-state index in [1.165, 1.54) is 23.1 Å². The Balaban J connectivity index is 2.28. The molecule has 1 aromatic carbocycles. The smallest absolute Gasteiger partial charge is 0.282 e. The third-order valence-corrected chi connectivity index (χ3v) is 3.88. The summed E-state index contributed by atoms with van der Waals surface area (Å²) in [6.45, 7) is 4.96. The number of benzene rings is 1. The second kappa shape index (κ2) is 6.78. The molecule has 0 N–H and O–H groups in total. The number of halogens is 1. The number of carbonyl (C=O) groups excluding carboxylic acids is 1. The number of nitrogens with zero attached hydrogens (tertiary/aromatic N) is 4. The first-order valence-corrected chi connectivity index (χ1v) is 7.43. The highest BCUT2D eigenvalue weighted by atomic mass is 35.5. The molecule has 1 amide bonds. The average molecular weight is 337 g/mol. The molecule has 0 fully saturated rings. The highest BCUT2D eigenvalue weighted by Gasteiger charge is 2.24. The quantitative estimate of drug-likeness (QED) is 0.620. The SMILES string of the molecule is CCn1ncc(CN(C)C(=O)c2cc(Cl)ccc2[N+](=O)[O-])c1C. The average Bonchev–Trinajstić information content (AvgIpc) is 2.86. The van der Waals surface area contributed by atoms with Gasteiger partial charge in [-0.2, -0.15) is 5.10 Å². The molecular weight excluding hydrogens is 320 g/mol. The molecule has 0 saturated heterocycles. The minimum Gasteiger partial charge on any atom is -0.337 e. The summed E-state index contributed by atoms with van der Waals surface area (Å²) in [5, 5.41) is 15.6. The van der Waals surface area contributed by atoms with Crippen LogP contribution in [0.4, 0.5) is 5.69 Å². The van der Waals surface area contributed by atoms with Crippen molar-refractivity contribution in [3.05, 3.63) is 56.4 Å². The summed E-state index contributed by atoms with van der Waals surface area (Å²) in [5.41, 5.74) is 1.58. The Morgan fingerprint density at radius 1 is 1.48 bits per heavy atom. The van der Waals surface area contributed by atoms with Crippen molar-refractivity contribution in [3.8, 4) is 0 Å². The fourth-order valence-corrected chi connectivity index (χ4v) is 2.50. The number of nitro benzene ring substituents is 1. The molecule has 2 rings (SSSR count). The van der Waals surface area contributed by atoms with Gasteiger partial charge in [0.2, 0.25) is 0 Å². The third kappa shape index (κ3) is 3.50. The lowest BCUT2D eigenvalue weighted by molar-refractivity contribution is -0.385. The van der Waals surface area contributed by atoms with Crippen LogP contribution in [0.1, 0.15) is 28.5 Å². The Labute approximate surface area is 138 Å². The minimum atomic E-state index is -0.586. The molecule has 0 aliphatic rings. The van der Waals surface area contributed by atoms with Crippen molar-refractivity contribution in [2.24, 2.45) is 0 Å². The van der Waals surface area contributed by atoms with Gasteiger partial charge < -0.3 is 4.90 Å². The van der Waals surface area contributed by atoms with E-state index in [0.29, 0.717) is 6.54 Å². The fourth-order valence-electron chi connectivity index (χ4n) is 2.33. The van der Waals surface area contributed by atoms with Gasteiger partial charge in [-0.05, 0) is 26.0 Å². The van der Waals surface area contributed by atoms with Crippen LogP contribution in [0.5, 0.6) is 0 Å². The van der Waals surface area contributed by atoms with Crippen molar-refractivity contribution in [1.82, 2.24) is 14.7 Å². The molecule has 0 saturated carbocycles. The number of amides is 1. The van der Waals surface area contributed by atoms with Crippen LogP contribution in [0.15, 0.2) is 24.4 Å². The summed E-state index contributed by atoms with van der Waals surface area (Å²) in [6.07, 6.45) is 1.70. The standard InChI is InChI=1S/C15H17ClN4O3/c1-4-19-10(2)11(8-17-19)9-18(3)15(21)13-7-12(16)5-6-14(13)20(22)23/h5-8H,4,9H2,1-3H3. The lowest BCUT2D eigenvalue weighted by Gasteiger charge is -2.17. The number of hydrogen-bond acceptors (Lipinski definition) is 4. The van der Waals surface area contributed by atoms with Crippen LogP contribution in [0, 0.1) is 17.0 Å². The van der Waals surface area contributed by atoms with E-state index in [1.807, 2.05) is 18.5 Å². The molecule has 0 spiro atoms. The van der Waals surface area contributed by atoms with E-state index in [2.05, 4.69) is 5.10 Å². The van der Waals surface area contributed by atoms with Crippen LogP contribution in [-0.2, 0) is 13.1 Å². The highest BCUT2D eigenvalue weighted by molar-refractivity contribution is 6.31. The van der Waals surface area contributed by atoms with Gasteiger partial charge in [0.15, 0.2) is 0 Å². The summed E-state index contributed by atoms with van der Waals surface area (Å²) in [6, 6.07) is 3.95. The molecule has 7 nitrogen and oxygen atoms in total. The van der Waals surface area contributed by atoms with Gasteiger partial charge >= 0.3 is 0 Å². The summed E-state index contributed by atoms with van der Waals surface area (Å²) in [7, 11) is 1.59. The van der Waals surface area contributed by atoms with Gasteiger partial charge in [-0.3, -0.25) is 19.6 Å². The Bertz CT molecular complexity index is 757. The van der Waals surface area contributed by atoms with E-state index in [0.717, 1.165) is 17.8 Å². The number of nitro groups is 1. The summed E-state index contributed by atoms with van der Waals surface area (Å²) in [5.74, 6) is -0.456. The van der Waals surface area contributed by atoms with E-state index < -0.39 is 10.8 Å². The summed E-state index contributed by atoms with van der Waals surface area (Å²) >= 11 is 5.87. The second-order valence-electron chi connectivity index (χ2n) is 5.15. The minimum absolute atomic E-state index is 0.0227. The molecule has 0 atom stereocenters. The van der Waals surface area contributed by atoms with Gasteiger partial charge in [0, 0.05) is 42.5 Å². The first-order valence-electron chi connectivity index (χ1n) is 7.05. The second-order valence-corrected chi connectivity index (χ2v) is 5.59. The number of rotatable bonds is 5. The predicted octanol–water partition coefficient (Wildman–Crippen LogP) is 3.05. The Hall–Kier alpha value is -2.41. The third-order valence-electron chi connectivity index (χ3n) is 3.64. The van der Waals surface area contributed by atoms with Crippen LogP contribution in [0.3, 0.4) is 0 Å². The van der Waals surface area contributed by atoms with Gasteiger partial charge in [0.25, 0.3) is 11.6 Å². The van der Waals surface area contributed by atoms with E-state index >= 15 is 0 Å². The zero-order valence-electron chi connectivity index (χ0n) is 13.1. The van der Waals surface area contributed by atoms with Crippen molar-refractivity contribution in [1.29, 1.82) is 0 Å². The molecule has 0 unspecified atom stereocenters. The lowest BCUT2D eigenvalue weighted by Crippen LogP contribution is -2.27. The summed E-state index contributed by atoms with van der Waals surface area (Å²) < 4.78 is 1.83. The number of aryl methyl sites for hydroxylation is 1. The molecule has 1 aromatic heterocycles. The zero-order valence-corrected chi connectivity index (χ0v) is 13.9. The lowest BCUT2D eigenvalue weighted by atomic mass is 10.1. The van der Waals surface area contributed by atoms with E-state index in [9.17, 15) is 14.9 Å². The fraction of sp³-hybridized carbons (Fsp3) is 0.333. The number of hydrogen-bond donors (Lipinski definition) is 0. The van der Waals surface area contributed by atoms with Gasteiger partial charge in [-0.15, -0.1) is 0 Å². The first-order chi connectivity index (χ1) is 10.8. The monoisotopic (exact) mass is 336 g/mol. The first kappa shape index (κ1) is 17.0. The predicted molar refractivity (Wildman–Crippen MR) is 86.5 cm³/mol. The molecule has 0 aliphatic carbocycles. The zero-order chi connectivity index (χ0) is 17.1. The van der Waals surface area contributed by atoms with Crippen molar-refractivity contribution >= 4 is 23.2 Å². The normalized spacial score (nSPS) is 10.6. The van der Waals surface area contributed by atoms with Crippen LogP contribution in [0.2, 0.25) is 5.02 Å². The molecule has 2 aromatic rings. The van der Waals surface area contributed by atoms with Crippen LogP contribution in [0.25, 0.3) is 0 Å². The molecule has 8 heteroatoms. The molecule has 23 heavy (non-hydrogen) atoms. The Morgan fingerprint density at radius 3 is 2.74 bits per heavy atom. The molecule has 0 radical (unpaired) electrons. The molecular formula is C15H17ClN4O3. The molecule has 0 bridgehead atoms. The van der Waals surface area contributed by atoms with Crippen molar-refractivity contribution in [2.75, 3.05) is 7.05 Å². The topological polar surface area (TPSA) is 81.3 Å². The van der Waals surface area contributed by atoms with Crippen LogP contribution >= 0.6 is 11.6 Å². The maximum atomic E-state index is 12.5. The Morgan fingerprint density at radius 2 is 2.17 bits per heavy atom. The largest absolute Gasteiger partial charge is 0.337 e. The van der Waals surface area contributed by atoms with Crippen molar-refractivity contribution in [2.45, 2.75) is 26.9 Å². The molecule has 0 aliphatic heterocycles. The molecule has 122 valence electrons. The van der Waals surface area contributed by atoms with E-state index in [4.69, 9.17) is 11.6 Å². The van der Waals surface area contributed by atoms with Gasteiger partial charge in [-0.1, -0.05) is 11.6 Å².